The third-order valence-electron chi connectivity index (χ3n) is 2.78. The van der Waals surface area contributed by atoms with Gasteiger partial charge in [0.2, 0.25) is 0 Å². The fraction of sp³-hybridized carbons (Fsp3) is 0.286. The number of halogens is 1. The maximum absolute atomic E-state index is 5.98. The minimum absolute atomic E-state index is 0.798. The zero-order valence-corrected chi connectivity index (χ0v) is 12.2. The van der Waals surface area contributed by atoms with Crippen LogP contribution in [0.1, 0.15) is 13.8 Å². The molecule has 0 spiro atoms. The second-order valence-electron chi connectivity index (χ2n) is 4.28. The first-order valence-electron chi connectivity index (χ1n) is 5.92. The quantitative estimate of drug-likeness (QED) is 0.661. The molecule has 2 N–H and O–H groups in total. The van der Waals surface area contributed by atoms with E-state index in [1.807, 2.05) is 30.8 Å². The van der Waals surface area contributed by atoms with Crippen molar-refractivity contribution in [3.05, 3.63) is 35.5 Å². The van der Waals surface area contributed by atoms with Crippen LogP contribution in [0, 0.1) is 0 Å². The van der Waals surface area contributed by atoms with Gasteiger partial charge in [-0.15, -0.1) is 11.8 Å². The lowest BCUT2D eigenvalue weighted by atomic mass is 10.2. The first-order chi connectivity index (χ1) is 8.65. The molecule has 96 valence electrons. The van der Waals surface area contributed by atoms with Crippen molar-refractivity contribution in [1.29, 1.82) is 0 Å². The summed E-state index contributed by atoms with van der Waals surface area (Å²) in [5.74, 6) is 1.05. The summed E-state index contributed by atoms with van der Waals surface area (Å²) in [5.41, 5.74) is 10.7. The zero-order chi connectivity index (χ0) is 13.1. The van der Waals surface area contributed by atoms with E-state index in [1.54, 1.807) is 5.54 Å². The molecule has 0 amide bonds. The average molecular weight is 281 g/mol. The molecular formula is C14H17ClN2S. The van der Waals surface area contributed by atoms with E-state index in [-0.39, 0.29) is 0 Å². The monoisotopic (exact) mass is 280 g/mol. The molecule has 0 bridgehead atoms. The Morgan fingerprint density at radius 3 is 2.94 bits per heavy atom. The van der Waals surface area contributed by atoms with Gasteiger partial charge in [-0.25, -0.2) is 0 Å². The van der Waals surface area contributed by atoms with Gasteiger partial charge in [-0.1, -0.05) is 18.5 Å². The van der Waals surface area contributed by atoms with Gasteiger partial charge in [0, 0.05) is 34.2 Å². The Balaban J connectivity index is 2.51. The number of nitrogen functional groups attached to an aromatic ring is 1. The number of fused-ring (bicyclic) bond motifs is 1. The molecular weight excluding hydrogens is 264 g/mol. The fourth-order valence-corrected chi connectivity index (χ4v) is 2.93. The Bertz CT molecular complexity index is 587. The van der Waals surface area contributed by atoms with E-state index in [9.17, 15) is 0 Å². The zero-order valence-electron chi connectivity index (χ0n) is 10.6. The van der Waals surface area contributed by atoms with Crippen LogP contribution in [0.2, 0.25) is 0 Å². The third-order valence-corrected chi connectivity index (χ3v) is 4.09. The Morgan fingerprint density at radius 2 is 2.28 bits per heavy atom. The van der Waals surface area contributed by atoms with E-state index in [0.717, 1.165) is 23.6 Å². The van der Waals surface area contributed by atoms with Crippen LogP contribution in [0.25, 0.3) is 10.9 Å². The molecule has 0 fully saturated rings. The molecule has 2 nitrogen and oxygen atoms in total. The van der Waals surface area contributed by atoms with Crippen LogP contribution in [-0.4, -0.2) is 10.3 Å². The molecule has 0 aliphatic carbocycles. The summed E-state index contributed by atoms with van der Waals surface area (Å²) in [6.07, 6.45) is 2.09. The van der Waals surface area contributed by atoms with E-state index in [2.05, 4.69) is 23.8 Å². The van der Waals surface area contributed by atoms with E-state index in [0.29, 0.717) is 0 Å². The summed E-state index contributed by atoms with van der Waals surface area (Å²) >= 11 is 7.55. The number of hydrogen-bond donors (Lipinski definition) is 1. The van der Waals surface area contributed by atoms with Crippen molar-refractivity contribution in [3.63, 3.8) is 0 Å². The van der Waals surface area contributed by atoms with Crippen molar-refractivity contribution < 1.29 is 0 Å². The van der Waals surface area contributed by atoms with Crippen molar-refractivity contribution in [2.24, 2.45) is 0 Å². The molecule has 1 aromatic carbocycles. The predicted octanol–water partition coefficient (Wildman–Crippen LogP) is 4.48. The highest BCUT2D eigenvalue weighted by atomic mass is 35.5. The van der Waals surface area contributed by atoms with Gasteiger partial charge in [-0.3, -0.25) is 0 Å². The Kier molecular flexibility index (Phi) is 4.25. The second kappa shape index (κ2) is 5.72. The van der Waals surface area contributed by atoms with Gasteiger partial charge in [0.05, 0.1) is 5.52 Å². The Morgan fingerprint density at radius 1 is 1.50 bits per heavy atom. The molecule has 4 heteroatoms. The number of nitrogens with two attached hydrogens (primary N) is 1. The number of rotatable bonds is 4. The molecule has 18 heavy (non-hydrogen) atoms. The molecule has 0 aliphatic rings. The second-order valence-corrected chi connectivity index (χ2v) is 5.81. The summed E-state index contributed by atoms with van der Waals surface area (Å²) < 4.78 is 2.18. The molecule has 0 unspecified atom stereocenters. The summed E-state index contributed by atoms with van der Waals surface area (Å²) in [6.45, 7) is 4.97. The number of aromatic nitrogens is 1. The van der Waals surface area contributed by atoms with Gasteiger partial charge >= 0.3 is 0 Å². The minimum Gasteiger partial charge on any atom is -0.399 e. The molecule has 0 aliphatic heterocycles. The molecule has 2 rings (SSSR count). The summed E-state index contributed by atoms with van der Waals surface area (Å²) in [7, 11) is 0. The van der Waals surface area contributed by atoms with Crippen molar-refractivity contribution in [1.82, 2.24) is 4.57 Å². The largest absolute Gasteiger partial charge is 0.399 e. The predicted molar refractivity (Wildman–Crippen MR) is 82.4 cm³/mol. The standard InChI is InChI=1S/C14H17ClN2S/c1-3-18-14-7-11(16)6-13-12(14)4-5-17(13)9-10(2)8-15/h4-8H,3,9,16H2,1-2H3/b10-8+. The lowest BCUT2D eigenvalue weighted by molar-refractivity contribution is 0.821. The normalized spacial score (nSPS) is 12.3. The van der Waals surface area contributed by atoms with E-state index in [1.165, 1.54) is 15.8 Å². The van der Waals surface area contributed by atoms with Gasteiger partial charge in [0.25, 0.3) is 0 Å². The Hall–Kier alpha value is -1.06. The molecule has 0 saturated carbocycles. The van der Waals surface area contributed by atoms with Crippen molar-refractivity contribution in [3.8, 4) is 0 Å². The lowest BCUT2D eigenvalue weighted by Crippen LogP contribution is -1.97. The van der Waals surface area contributed by atoms with E-state index in [4.69, 9.17) is 17.3 Å². The van der Waals surface area contributed by atoms with Crippen LogP contribution >= 0.6 is 23.4 Å². The van der Waals surface area contributed by atoms with Crippen molar-refractivity contribution >= 4 is 40.0 Å². The van der Waals surface area contributed by atoms with Crippen LogP contribution in [-0.2, 0) is 6.54 Å². The molecule has 0 saturated heterocycles. The number of thioether (sulfide) groups is 1. The van der Waals surface area contributed by atoms with Gasteiger partial charge < -0.3 is 10.3 Å². The lowest BCUT2D eigenvalue weighted by Gasteiger charge is -2.08. The third kappa shape index (κ3) is 2.68. The molecule has 0 radical (unpaired) electrons. The van der Waals surface area contributed by atoms with Crippen LogP contribution in [0.3, 0.4) is 0 Å². The van der Waals surface area contributed by atoms with Gasteiger partial charge in [-0.2, -0.15) is 0 Å². The highest BCUT2D eigenvalue weighted by Crippen LogP contribution is 2.31. The van der Waals surface area contributed by atoms with E-state index >= 15 is 0 Å². The van der Waals surface area contributed by atoms with Gasteiger partial charge in [-0.05, 0) is 36.4 Å². The topological polar surface area (TPSA) is 30.9 Å². The van der Waals surface area contributed by atoms with Crippen LogP contribution in [0.4, 0.5) is 5.69 Å². The number of nitrogens with zero attached hydrogens (tertiary/aromatic N) is 1. The first kappa shape index (κ1) is 13.4. The fourth-order valence-electron chi connectivity index (χ4n) is 2.00. The number of hydrogen-bond acceptors (Lipinski definition) is 2. The number of allylic oxidation sites excluding steroid dienone is 1. The maximum atomic E-state index is 5.98. The molecule has 1 aromatic heterocycles. The molecule has 0 atom stereocenters. The molecule has 1 heterocycles. The number of benzene rings is 1. The van der Waals surface area contributed by atoms with Gasteiger partial charge in [0.15, 0.2) is 0 Å². The summed E-state index contributed by atoms with van der Waals surface area (Å²) in [5, 5.41) is 1.26. The highest BCUT2D eigenvalue weighted by molar-refractivity contribution is 7.99. The smallest absolute Gasteiger partial charge is 0.0515 e. The van der Waals surface area contributed by atoms with Crippen LogP contribution < -0.4 is 5.73 Å². The summed E-state index contributed by atoms with van der Waals surface area (Å²) in [4.78, 5) is 1.25. The van der Waals surface area contributed by atoms with Crippen LogP contribution in [0.15, 0.2) is 40.4 Å². The SMILES string of the molecule is CCSc1cc(N)cc2c1ccn2C/C(C)=C/Cl. The highest BCUT2D eigenvalue weighted by Gasteiger charge is 2.07. The van der Waals surface area contributed by atoms with Crippen molar-refractivity contribution in [2.45, 2.75) is 25.3 Å². The Labute approximate surface area is 117 Å². The summed E-state index contributed by atoms with van der Waals surface area (Å²) in [6, 6.07) is 6.22. The average Bonchev–Trinajstić information content (AvgIpc) is 2.73. The molecule has 2 aromatic rings. The first-order valence-corrected chi connectivity index (χ1v) is 7.35. The van der Waals surface area contributed by atoms with Crippen molar-refractivity contribution in [2.75, 3.05) is 11.5 Å². The number of anilines is 1. The maximum Gasteiger partial charge on any atom is 0.0515 e. The van der Waals surface area contributed by atoms with E-state index < -0.39 is 0 Å². The van der Waals surface area contributed by atoms with Crippen LogP contribution in [0.5, 0.6) is 0 Å². The minimum atomic E-state index is 0.798. The van der Waals surface area contributed by atoms with Gasteiger partial charge in [0.1, 0.15) is 0 Å².